The van der Waals surface area contributed by atoms with E-state index in [1.165, 1.54) is 0 Å². The van der Waals surface area contributed by atoms with E-state index in [4.69, 9.17) is 9.84 Å². The van der Waals surface area contributed by atoms with E-state index in [0.29, 0.717) is 6.07 Å². The van der Waals surface area contributed by atoms with Gasteiger partial charge >= 0.3 is 5.69 Å². The van der Waals surface area contributed by atoms with Crippen LogP contribution in [-0.4, -0.2) is 54.8 Å². The zero-order valence-corrected chi connectivity index (χ0v) is 11.0. The maximum atomic E-state index is 13.8. The van der Waals surface area contributed by atoms with E-state index in [2.05, 4.69) is 9.97 Å². The number of aromatic nitrogens is 3. The van der Waals surface area contributed by atoms with E-state index < -0.39 is 48.2 Å². The van der Waals surface area contributed by atoms with Crippen molar-refractivity contribution in [1.29, 1.82) is 0 Å². The zero-order chi connectivity index (χ0) is 16.0. The maximum absolute atomic E-state index is 13.8. The molecule has 1 saturated heterocycles. The first kappa shape index (κ1) is 14.8. The van der Waals surface area contributed by atoms with Crippen LogP contribution < -0.4 is 11.2 Å². The molecule has 118 valence electrons. The number of pyridine rings is 1. The van der Waals surface area contributed by atoms with Crippen LogP contribution in [-0.2, 0) is 4.74 Å². The van der Waals surface area contributed by atoms with Gasteiger partial charge in [-0.1, -0.05) is 0 Å². The summed E-state index contributed by atoms with van der Waals surface area (Å²) in [5.41, 5.74) is -1.90. The van der Waals surface area contributed by atoms with E-state index in [0.717, 1.165) is 10.8 Å². The highest BCUT2D eigenvalue weighted by atomic mass is 19.1. The smallest absolute Gasteiger partial charge is 0.351 e. The minimum atomic E-state index is -1.50. The predicted octanol–water partition coefficient (Wildman–Crippen LogP) is -2.16. The Bertz CT molecular complexity index is 834. The minimum absolute atomic E-state index is 0.156. The number of aliphatic hydroxyl groups excluding tert-OH is 3. The van der Waals surface area contributed by atoms with Gasteiger partial charge in [0.2, 0.25) is 0 Å². The van der Waals surface area contributed by atoms with Gasteiger partial charge < -0.3 is 25.0 Å². The first-order chi connectivity index (χ1) is 10.4. The molecule has 4 N–H and O–H groups in total. The third-order valence-electron chi connectivity index (χ3n) is 3.50. The molecule has 3 heterocycles. The molecule has 10 heteroatoms. The van der Waals surface area contributed by atoms with Crippen molar-refractivity contribution in [2.45, 2.75) is 24.5 Å². The van der Waals surface area contributed by atoms with Crippen molar-refractivity contribution in [3.63, 3.8) is 0 Å². The lowest BCUT2D eigenvalue weighted by molar-refractivity contribution is -0.0547. The van der Waals surface area contributed by atoms with E-state index >= 15 is 0 Å². The molecule has 1 fully saturated rings. The number of halogens is 1. The molecule has 0 saturated carbocycles. The average molecular weight is 313 g/mol. The second-order valence-electron chi connectivity index (χ2n) is 4.90. The molecule has 0 spiro atoms. The highest BCUT2D eigenvalue weighted by Crippen LogP contribution is 2.28. The SMILES string of the molecule is O=c1cc(F)c2cn([C@@H]3O[C@H](CO)C(O)[C@@H]3O)c(=O)nc2[nH]1. The summed E-state index contributed by atoms with van der Waals surface area (Å²) in [5.74, 6) is -0.897. The third kappa shape index (κ3) is 2.22. The summed E-state index contributed by atoms with van der Waals surface area (Å²) in [6, 6.07) is 0.691. The lowest BCUT2D eigenvalue weighted by Gasteiger charge is -2.17. The molecular weight excluding hydrogens is 301 g/mol. The molecule has 0 aliphatic carbocycles. The molecule has 1 unspecified atom stereocenters. The molecule has 22 heavy (non-hydrogen) atoms. The molecule has 0 radical (unpaired) electrons. The van der Waals surface area contributed by atoms with Gasteiger partial charge in [0.15, 0.2) is 6.23 Å². The summed E-state index contributed by atoms with van der Waals surface area (Å²) >= 11 is 0. The van der Waals surface area contributed by atoms with Crippen molar-refractivity contribution < 1.29 is 24.4 Å². The standard InChI is InChI=1S/C12H12FN3O6/c13-5-1-7(18)14-10-4(5)2-16(12(21)15-10)11-9(20)8(19)6(3-17)22-11/h1-2,6,8-9,11,17,19-20H,3H2,(H,14,15,18,21)/t6-,8?,9+,11-/m1/s1. The van der Waals surface area contributed by atoms with Crippen LogP contribution in [0.4, 0.5) is 4.39 Å². The molecule has 3 rings (SSSR count). The molecule has 0 bridgehead atoms. The number of ether oxygens (including phenoxy) is 1. The number of hydrogen-bond donors (Lipinski definition) is 4. The van der Waals surface area contributed by atoms with Crippen molar-refractivity contribution in [2.24, 2.45) is 0 Å². The Morgan fingerprint density at radius 1 is 1.36 bits per heavy atom. The van der Waals surface area contributed by atoms with Gasteiger partial charge in [-0.2, -0.15) is 4.98 Å². The van der Waals surface area contributed by atoms with Gasteiger partial charge in [0.05, 0.1) is 12.0 Å². The van der Waals surface area contributed by atoms with Crippen LogP contribution in [0.15, 0.2) is 21.9 Å². The van der Waals surface area contributed by atoms with E-state index in [9.17, 15) is 24.2 Å². The Balaban J connectivity index is 2.14. The number of aliphatic hydroxyl groups is 3. The van der Waals surface area contributed by atoms with Gasteiger partial charge in [0.25, 0.3) is 5.56 Å². The third-order valence-corrected chi connectivity index (χ3v) is 3.50. The molecule has 9 nitrogen and oxygen atoms in total. The molecule has 4 atom stereocenters. The number of fused-ring (bicyclic) bond motifs is 1. The molecule has 2 aromatic rings. The van der Waals surface area contributed by atoms with Crippen molar-refractivity contribution in [3.05, 3.63) is 38.9 Å². The van der Waals surface area contributed by atoms with Gasteiger partial charge in [-0.15, -0.1) is 0 Å². The maximum Gasteiger partial charge on any atom is 0.351 e. The number of nitrogens with one attached hydrogen (secondary N) is 1. The number of hydrogen-bond acceptors (Lipinski definition) is 7. The van der Waals surface area contributed by atoms with Gasteiger partial charge in [-0.25, -0.2) is 9.18 Å². The second kappa shape index (κ2) is 5.25. The first-order valence-corrected chi connectivity index (χ1v) is 6.36. The number of nitrogens with zero attached hydrogens (tertiary/aromatic N) is 2. The summed E-state index contributed by atoms with van der Waals surface area (Å²) in [5, 5.41) is 28.5. The zero-order valence-electron chi connectivity index (χ0n) is 11.0. The topological polar surface area (TPSA) is 138 Å². The van der Waals surface area contributed by atoms with Crippen LogP contribution in [0.3, 0.4) is 0 Å². The van der Waals surface area contributed by atoms with Crippen LogP contribution in [0, 0.1) is 5.82 Å². The van der Waals surface area contributed by atoms with Crippen molar-refractivity contribution in [3.8, 4) is 0 Å². The summed E-state index contributed by atoms with van der Waals surface area (Å²) in [4.78, 5) is 28.9. The monoisotopic (exact) mass is 313 g/mol. The Labute approximate surface area is 121 Å². The van der Waals surface area contributed by atoms with Crippen molar-refractivity contribution >= 4 is 11.0 Å². The van der Waals surface area contributed by atoms with Gasteiger partial charge in [-0.05, 0) is 0 Å². The van der Waals surface area contributed by atoms with Crippen molar-refractivity contribution in [1.82, 2.24) is 14.5 Å². The molecule has 0 amide bonds. The van der Waals surface area contributed by atoms with Crippen LogP contribution in [0.1, 0.15) is 6.23 Å². The number of rotatable bonds is 2. The molecule has 1 aliphatic rings. The first-order valence-electron chi connectivity index (χ1n) is 6.36. The van der Waals surface area contributed by atoms with Gasteiger partial charge in [-0.3, -0.25) is 9.36 Å². The lowest BCUT2D eigenvalue weighted by atomic mass is 10.1. The fraction of sp³-hybridized carbons (Fsp3) is 0.417. The van der Waals surface area contributed by atoms with Crippen LogP contribution in [0.5, 0.6) is 0 Å². The number of aromatic amines is 1. The molecule has 1 aliphatic heterocycles. The Morgan fingerprint density at radius 2 is 2.09 bits per heavy atom. The largest absolute Gasteiger partial charge is 0.394 e. The Hall–Kier alpha value is -2.14. The van der Waals surface area contributed by atoms with Gasteiger partial charge in [0, 0.05) is 12.3 Å². The van der Waals surface area contributed by atoms with Gasteiger partial charge in [0.1, 0.15) is 29.8 Å². The minimum Gasteiger partial charge on any atom is -0.394 e. The van der Waals surface area contributed by atoms with E-state index in [-0.39, 0.29) is 11.0 Å². The van der Waals surface area contributed by atoms with Crippen LogP contribution in [0.25, 0.3) is 11.0 Å². The van der Waals surface area contributed by atoms with Crippen LogP contribution in [0.2, 0.25) is 0 Å². The molecule has 0 aromatic carbocycles. The predicted molar refractivity (Wildman–Crippen MR) is 69.6 cm³/mol. The summed E-state index contributed by atoms with van der Waals surface area (Å²) in [6.07, 6.45) is -4.29. The van der Waals surface area contributed by atoms with E-state index in [1.807, 2.05) is 0 Å². The Morgan fingerprint density at radius 3 is 2.73 bits per heavy atom. The highest BCUT2D eigenvalue weighted by Gasteiger charge is 2.43. The summed E-state index contributed by atoms with van der Waals surface area (Å²) in [7, 11) is 0. The van der Waals surface area contributed by atoms with E-state index in [1.54, 1.807) is 0 Å². The number of H-pyrrole nitrogens is 1. The average Bonchev–Trinajstić information content (AvgIpc) is 2.74. The second-order valence-corrected chi connectivity index (χ2v) is 4.90. The van der Waals surface area contributed by atoms with Crippen LogP contribution >= 0.6 is 0 Å². The summed E-state index contributed by atoms with van der Waals surface area (Å²) in [6.45, 7) is -0.563. The molecular formula is C12H12FN3O6. The quantitative estimate of drug-likeness (QED) is 0.495. The summed E-state index contributed by atoms with van der Waals surface area (Å²) < 4.78 is 19.8. The highest BCUT2D eigenvalue weighted by molar-refractivity contribution is 5.73. The van der Waals surface area contributed by atoms with Crippen molar-refractivity contribution in [2.75, 3.05) is 6.61 Å². The molecule has 2 aromatic heterocycles. The lowest BCUT2D eigenvalue weighted by Crippen LogP contribution is -2.36. The normalized spacial score (nSPS) is 28.4. The fourth-order valence-corrected chi connectivity index (χ4v) is 2.38. The fourth-order valence-electron chi connectivity index (χ4n) is 2.38. The Kier molecular flexibility index (Phi) is 3.53.